The summed E-state index contributed by atoms with van der Waals surface area (Å²) in [5.41, 5.74) is 0. The van der Waals surface area contributed by atoms with Crippen LogP contribution >= 0.6 is 0 Å². The number of ether oxygens (including phenoxy) is 1. The molecule has 0 aromatic rings. The Bertz CT molecular complexity index is 251. The largest absolute Gasteiger partial charge is 0.369 e. The lowest BCUT2D eigenvalue weighted by Crippen LogP contribution is -2.45. The number of nitrogens with one attached hydrogen (secondary N) is 1. The van der Waals surface area contributed by atoms with Crippen molar-refractivity contribution in [2.45, 2.75) is 59.6 Å². The molecule has 0 aromatic carbocycles. The Balaban J connectivity index is 4.03. The molecule has 0 fully saturated rings. The molecule has 0 spiro atoms. The van der Waals surface area contributed by atoms with Gasteiger partial charge in [-0.2, -0.15) is 0 Å². The normalized spacial score (nSPS) is 14.5. The first-order chi connectivity index (χ1) is 7.88. The molecular weight excluding hydrogens is 218 g/mol. The Morgan fingerprint density at radius 2 is 1.82 bits per heavy atom. The highest BCUT2D eigenvalue weighted by Crippen LogP contribution is 2.03. The molecule has 4 heteroatoms. The van der Waals surface area contributed by atoms with Gasteiger partial charge in [0.25, 0.3) is 0 Å². The van der Waals surface area contributed by atoms with Gasteiger partial charge in [0.05, 0.1) is 12.1 Å². The molecule has 1 N–H and O–H groups in total. The van der Waals surface area contributed by atoms with Crippen LogP contribution in [-0.4, -0.2) is 30.4 Å². The van der Waals surface area contributed by atoms with Gasteiger partial charge in [-0.25, -0.2) is 0 Å². The Kier molecular flexibility index (Phi) is 7.79. The first kappa shape index (κ1) is 16.1. The van der Waals surface area contributed by atoms with Gasteiger partial charge < -0.3 is 10.1 Å². The van der Waals surface area contributed by atoms with Gasteiger partial charge in [0, 0.05) is 0 Å². The summed E-state index contributed by atoms with van der Waals surface area (Å²) in [5.74, 6) is -0.138. The van der Waals surface area contributed by atoms with Crippen LogP contribution in [0.1, 0.15) is 47.5 Å². The van der Waals surface area contributed by atoms with Crippen LogP contribution in [0.3, 0.4) is 0 Å². The third-order valence-electron chi connectivity index (χ3n) is 2.62. The molecule has 2 unspecified atom stereocenters. The van der Waals surface area contributed by atoms with E-state index in [1.165, 1.54) is 6.92 Å². The molecule has 0 aliphatic carbocycles. The van der Waals surface area contributed by atoms with Crippen molar-refractivity contribution < 1.29 is 14.3 Å². The Labute approximate surface area is 104 Å². The summed E-state index contributed by atoms with van der Waals surface area (Å²) in [7, 11) is 0. The van der Waals surface area contributed by atoms with Gasteiger partial charge in [-0.05, 0) is 26.2 Å². The first-order valence-electron chi connectivity index (χ1n) is 6.29. The van der Waals surface area contributed by atoms with E-state index >= 15 is 0 Å². The van der Waals surface area contributed by atoms with Crippen molar-refractivity contribution in [3.05, 3.63) is 0 Å². The molecule has 0 radical (unpaired) electrons. The van der Waals surface area contributed by atoms with E-state index in [0.29, 0.717) is 0 Å². The van der Waals surface area contributed by atoms with Crippen LogP contribution in [-0.2, 0) is 14.3 Å². The molecule has 0 aliphatic rings. The van der Waals surface area contributed by atoms with Gasteiger partial charge >= 0.3 is 0 Å². The molecule has 0 aromatic heterocycles. The van der Waals surface area contributed by atoms with E-state index in [2.05, 4.69) is 12.2 Å². The quantitative estimate of drug-likeness (QED) is 0.708. The lowest BCUT2D eigenvalue weighted by molar-refractivity contribution is -0.132. The van der Waals surface area contributed by atoms with Gasteiger partial charge in [-0.1, -0.05) is 27.2 Å². The van der Waals surface area contributed by atoms with Crippen molar-refractivity contribution in [1.29, 1.82) is 0 Å². The van der Waals surface area contributed by atoms with Crippen LogP contribution in [0.4, 0.5) is 0 Å². The number of carbonyl (C=O) groups is 2. The van der Waals surface area contributed by atoms with Crippen molar-refractivity contribution >= 4 is 11.7 Å². The number of hydrogen-bond donors (Lipinski definition) is 1. The van der Waals surface area contributed by atoms with E-state index in [1.807, 2.05) is 20.8 Å². The van der Waals surface area contributed by atoms with Crippen molar-refractivity contribution in [2.24, 2.45) is 5.92 Å². The third kappa shape index (κ3) is 7.10. The lowest BCUT2D eigenvalue weighted by atomic mass is 10.0. The predicted octanol–water partition coefficient (Wildman–Crippen LogP) is 1.92. The molecule has 17 heavy (non-hydrogen) atoms. The van der Waals surface area contributed by atoms with Crippen molar-refractivity contribution in [2.75, 3.05) is 6.61 Å². The van der Waals surface area contributed by atoms with E-state index in [-0.39, 0.29) is 30.3 Å². The molecule has 0 saturated carbocycles. The smallest absolute Gasteiger partial charge is 0.246 e. The maximum Gasteiger partial charge on any atom is 0.246 e. The van der Waals surface area contributed by atoms with Crippen LogP contribution < -0.4 is 5.32 Å². The third-order valence-corrected chi connectivity index (χ3v) is 2.62. The molecule has 0 saturated heterocycles. The van der Waals surface area contributed by atoms with E-state index in [0.717, 1.165) is 12.8 Å². The van der Waals surface area contributed by atoms with Crippen LogP contribution in [0, 0.1) is 5.92 Å². The molecule has 0 heterocycles. The van der Waals surface area contributed by atoms with Gasteiger partial charge in [-0.15, -0.1) is 0 Å². The zero-order chi connectivity index (χ0) is 13.4. The van der Waals surface area contributed by atoms with Crippen molar-refractivity contribution in [1.82, 2.24) is 5.32 Å². The fourth-order valence-electron chi connectivity index (χ4n) is 1.66. The first-order valence-corrected chi connectivity index (χ1v) is 6.29. The minimum Gasteiger partial charge on any atom is -0.369 e. The highest BCUT2D eigenvalue weighted by atomic mass is 16.5. The molecule has 0 bridgehead atoms. The Hall–Kier alpha value is -0.900. The van der Waals surface area contributed by atoms with Crippen LogP contribution in [0.25, 0.3) is 0 Å². The van der Waals surface area contributed by atoms with Gasteiger partial charge in [-0.3, -0.25) is 9.59 Å². The number of ketones is 1. The number of rotatable bonds is 8. The standard InChI is InChI=1S/C13H25NO3/c1-6-7-10(4)17-8-12(16)14-13(9(2)3)11(5)15/h9-10,13H,6-8H2,1-5H3,(H,14,16). The monoisotopic (exact) mass is 243 g/mol. The summed E-state index contributed by atoms with van der Waals surface area (Å²) in [4.78, 5) is 22.9. The molecule has 4 nitrogen and oxygen atoms in total. The number of Topliss-reactive ketones (excluding diaryl/α,β-unsaturated/α-hetero) is 1. The zero-order valence-electron chi connectivity index (χ0n) is 11.6. The summed E-state index contributed by atoms with van der Waals surface area (Å²) in [6.45, 7) is 9.36. The SMILES string of the molecule is CCCC(C)OCC(=O)NC(C(C)=O)C(C)C. The van der Waals surface area contributed by atoms with Crippen LogP contribution in [0.2, 0.25) is 0 Å². The van der Waals surface area contributed by atoms with E-state index in [1.54, 1.807) is 0 Å². The Morgan fingerprint density at radius 3 is 2.24 bits per heavy atom. The highest BCUT2D eigenvalue weighted by Gasteiger charge is 2.20. The number of hydrogen-bond acceptors (Lipinski definition) is 3. The second-order valence-electron chi connectivity index (χ2n) is 4.81. The molecule has 100 valence electrons. The average molecular weight is 243 g/mol. The van der Waals surface area contributed by atoms with E-state index in [9.17, 15) is 9.59 Å². The predicted molar refractivity (Wildman–Crippen MR) is 67.8 cm³/mol. The fraction of sp³-hybridized carbons (Fsp3) is 0.846. The fourth-order valence-corrected chi connectivity index (χ4v) is 1.66. The molecular formula is C13H25NO3. The minimum atomic E-state index is -0.410. The van der Waals surface area contributed by atoms with Gasteiger partial charge in [0.1, 0.15) is 6.61 Å². The lowest BCUT2D eigenvalue weighted by Gasteiger charge is -2.20. The van der Waals surface area contributed by atoms with E-state index < -0.39 is 6.04 Å². The number of amides is 1. The molecule has 1 amide bonds. The summed E-state index contributed by atoms with van der Waals surface area (Å²) < 4.78 is 5.38. The topological polar surface area (TPSA) is 55.4 Å². The van der Waals surface area contributed by atoms with Gasteiger partial charge in [0.15, 0.2) is 5.78 Å². The second-order valence-corrected chi connectivity index (χ2v) is 4.81. The summed E-state index contributed by atoms with van der Waals surface area (Å²) in [6.07, 6.45) is 2.05. The maximum atomic E-state index is 11.6. The Morgan fingerprint density at radius 1 is 1.24 bits per heavy atom. The second kappa shape index (κ2) is 8.23. The van der Waals surface area contributed by atoms with Crippen LogP contribution in [0.5, 0.6) is 0 Å². The van der Waals surface area contributed by atoms with Crippen LogP contribution in [0.15, 0.2) is 0 Å². The maximum absolute atomic E-state index is 11.6. The molecule has 2 atom stereocenters. The van der Waals surface area contributed by atoms with Gasteiger partial charge in [0.2, 0.25) is 5.91 Å². The van der Waals surface area contributed by atoms with E-state index in [4.69, 9.17) is 4.74 Å². The minimum absolute atomic E-state index is 0.0186. The average Bonchev–Trinajstić information content (AvgIpc) is 2.22. The number of carbonyl (C=O) groups excluding carboxylic acids is 2. The summed E-state index contributed by atoms with van der Waals surface area (Å²) in [5, 5.41) is 2.70. The van der Waals surface area contributed by atoms with Crippen molar-refractivity contribution in [3.63, 3.8) is 0 Å². The summed E-state index contributed by atoms with van der Waals surface area (Å²) >= 11 is 0. The zero-order valence-corrected chi connectivity index (χ0v) is 11.6. The highest BCUT2D eigenvalue weighted by molar-refractivity contribution is 5.88. The molecule has 0 aliphatic heterocycles. The molecule has 0 rings (SSSR count). The summed E-state index contributed by atoms with van der Waals surface area (Å²) in [6, 6.07) is -0.410. The van der Waals surface area contributed by atoms with Crippen molar-refractivity contribution in [3.8, 4) is 0 Å².